The normalized spacial score (nSPS) is 11.7. The van der Waals surface area contributed by atoms with Crippen molar-refractivity contribution in [2.24, 2.45) is 0 Å². The monoisotopic (exact) mass is 276 g/mol. The number of hydrogen-bond donors (Lipinski definition) is 0. The molecule has 0 N–H and O–H groups in total. The average molecular weight is 277 g/mol. The Balaban J connectivity index is 2.79. The Labute approximate surface area is 104 Å². The largest absolute Gasteiger partial charge is 0.302 e. The van der Waals surface area contributed by atoms with E-state index in [1.165, 1.54) is 0 Å². The minimum absolute atomic E-state index is 0.444. The molecule has 0 bridgehead atoms. The Morgan fingerprint density at radius 3 is 2.62 bits per heavy atom. The van der Waals surface area contributed by atoms with Gasteiger partial charge < -0.3 is 4.79 Å². The summed E-state index contributed by atoms with van der Waals surface area (Å²) in [5.74, 6) is 0. The molecule has 2 aromatic rings. The van der Waals surface area contributed by atoms with Crippen LogP contribution in [0, 0.1) is 0 Å². The number of hydrogen-bond acceptors (Lipinski definition) is 1. The molecular weight excluding hydrogens is 264 g/mol. The quantitative estimate of drug-likeness (QED) is 0.756. The molecule has 0 aliphatic heterocycles. The molecule has 0 aliphatic carbocycles. The second kappa shape index (κ2) is 4.02. The summed E-state index contributed by atoms with van der Waals surface area (Å²) in [7, 11) is 0. The Kier molecular flexibility index (Phi) is 2.85. The molecule has 82 valence electrons. The molecule has 2 heteroatoms. The van der Waals surface area contributed by atoms with Crippen LogP contribution < -0.4 is 0 Å². The van der Waals surface area contributed by atoms with Crippen LogP contribution in [0.25, 0.3) is 10.8 Å². The summed E-state index contributed by atoms with van der Waals surface area (Å²) in [5.41, 5.74) is 0.627. The Hall–Kier alpha value is -1.15. The predicted molar refractivity (Wildman–Crippen MR) is 70.7 cm³/mol. The van der Waals surface area contributed by atoms with Crippen LogP contribution in [0.2, 0.25) is 0 Å². The number of rotatable bonds is 2. The lowest BCUT2D eigenvalue weighted by molar-refractivity contribution is -0.111. The molecule has 0 fully saturated rings. The first-order valence-corrected chi connectivity index (χ1v) is 5.99. The SMILES string of the molecule is CC(C)(C=O)c1cccc2ccc(Br)cc12. The van der Waals surface area contributed by atoms with Gasteiger partial charge in [0.2, 0.25) is 0 Å². The standard InChI is InChI=1S/C14H13BrO/c1-14(2,9-16)13-5-3-4-10-6-7-11(15)8-12(10)13/h3-9H,1-2H3. The van der Waals surface area contributed by atoms with Gasteiger partial charge in [-0.3, -0.25) is 0 Å². The van der Waals surface area contributed by atoms with Gasteiger partial charge in [0, 0.05) is 9.89 Å². The van der Waals surface area contributed by atoms with Gasteiger partial charge in [-0.05, 0) is 42.3 Å². The highest BCUT2D eigenvalue weighted by atomic mass is 79.9. The van der Waals surface area contributed by atoms with Gasteiger partial charge in [-0.2, -0.15) is 0 Å². The predicted octanol–water partition coefficient (Wildman–Crippen LogP) is 4.08. The lowest BCUT2D eigenvalue weighted by atomic mass is 9.83. The van der Waals surface area contributed by atoms with E-state index in [9.17, 15) is 4.79 Å². The molecule has 0 saturated carbocycles. The molecule has 0 spiro atoms. The molecule has 1 nitrogen and oxygen atoms in total. The number of aldehydes is 1. The third kappa shape index (κ3) is 1.90. The van der Waals surface area contributed by atoms with Gasteiger partial charge in [0.05, 0.1) is 0 Å². The molecular formula is C14H13BrO. The molecule has 0 saturated heterocycles. The van der Waals surface area contributed by atoms with Crippen molar-refractivity contribution in [3.63, 3.8) is 0 Å². The van der Waals surface area contributed by atoms with Crippen LogP contribution in [-0.4, -0.2) is 6.29 Å². The zero-order chi connectivity index (χ0) is 11.8. The van der Waals surface area contributed by atoms with Crippen LogP contribution in [0.3, 0.4) is 0 Å². The fourth-order valence-electron chi connectivity index (χ4n) is 1.87. The smallest absolute Gasteiger partial charge is 0.129 e. The number of fused-ring (bicyclic) bond motifs is 1. The zero-order valence-electron chi connectivity index (χ0n) is 9.33. The lowest BCUT2D eigenvalue weighted by Gasteiger charge is -2.19. The van der Waals surface area contributed by atoms with Crippen molar-refractivity contribution in [1.29, 1.82) is 0 Å². The van der Waals surface area contributed by atoms with Gasteiger partial charge in [-0.15, -0.1) is 0 Å². The van der Waals surface area contributed by atoms with Crippen molar-refractivity contribution >= 4 is 33.0 Å². The molecule has 0 atom stereocenters. The maximum Gasteiger partial charge on any atom is 0.129 e. The summed E-state index contributed by atoms with van der Waals surface area (Å²) in [5, 5.41) is 2.30. The molecule has 0 heterocycles. The van der Waals surface area contributed by atoms with Crippen molar-refractivity contribution in [2.75, 3.05) is 0 Å². The number of halogens is 1. The van der Waals surface area contributed by atoms with Gasteiger partial charge in [-0.25, -0.2) is 0 Å². The first-order chi connectivity index (χ1) is 7.54. The van der Waals surface area contributed by atoms with E-state index < -0.39 is 5.41 Å². The first kappa shape index (κ1) is 11.3. The molecule has 0 radical (unpaired) electrons. The second-order valence-electron chi connectivity index (χ2n) is 4.51. The van der Waals surface area contributed by atoms with Crippen molar-refractivity contribution in [1.82, 2.24) is 0 Å². The molecule has 0 aliphatic rings. The van der Waals surface area contributed by atoms with E-state index in [1.54, 1.807) is 0 Å². The van der Waals surface area contributed by atoms with E-state index >= 15 is 0 Å². The van der Waals surface area contributed by atoms with E-state index in [2.05, 4.69) is 34.1 Å². The minimum atomic E-state index is -0.444. The summed E-state index contributed by atoms with van der Waals surface area (Å²) in [6, 6.07) is 12.2. The summed E-state index contributed by atoms with van der Waals surface area (Å²) in [6.07, 6.45) is 1.00. The third-order valence-electron chi connectivity index (χ3n) is 2.83. The van der Waals surface area contributed by atoms with Crippen LogP contribution in [0.1, 0.15) is 19.4 Å². The summed E-state index contributed by atoms with van der Waals surface area (Å²) >= 11 is 3.47. The Morgan fingerprint density at radius 1 is 1.19 bits per heavy atom. The van der Waals surface area contributed by atoms with E-state index in [0.29, 0.717) is 0 Å². The van der Waals surface area contributed by atoms with Crippen molar-refractivity contribution in [2.45, 2.75) is 19.3 Å². The van der Waals surface area contributed by atoms with Crippen LogP contribution in [0.4, 0.5) is 0 Å². The minimum Gasteiger partial charge on any atom is -0.302 e. The maximum atomic E-state index is 11.1. The number of benzene rings is 2. The van der Waals surface area contributed by atoms with Crippen molar-refractivity contribution < 1.29 is 4.79 Å². The highest BCUT2D eigenvalue weighted by Crippen LogP contribution is 2.30. The molecule has 2 rings (SSSR count). The van der Waals surface area contributed by atoms with Gasteiger partial charge in [0.1, 0.15) is 6.29 Å². The summed E-state index contributed by atoms with van der Waals surface area (Å²) < 4.78 is 1.04. The van der Waals surface area contributed by atoms with Crippen LogP contribution >= 0.6 is 15.9 Å². The van der Waals surface area contributed by atoms with E-state index in [0.717, 1.165) is 27.1 Å². The van der Waals surface area contributed by atoms with Crippen molar-refractivity contribution in [3.8, 4) is 0 Å². The summed E-state index contributed by atoms with van der Waals surface area (Å²) in [6.45, 7) is 3.88. The number of carbonyl (C=O) groups excluding carboxylic acids is 1. The molecule has 16 heavy (non-hydrogen) atoms. The maximum absolute atomic E-state index is 11.1. The van der Waals surface area contributed by atoms with E-state index in [1.807, 2.05) is 32.0 Å². The van der Waals surface area contributed by atoms with E-state index in [4.69, 9.17) is 0 Å². The Morgan fingerprint density at radius 2 is 1.94 bits per heavy atom. The molecule has 2 aromatic carbocycles. The molecule has 0 unspecified atom stereocenters. The number of carbonyl (C=O) groups is 1. The van der Waals surface area contributed by atoms with Gasteiger partial charge >= 0.3 is 0 Å². The zero-order valence-corrected chi connectivity index (χ0v) is 10.9. The average Bonchev–Trinajstić information content (AvgIpc) is 2.28. The van der Waals surface area contributed by atoms with Crippen LogP contribution in [0.5, 0.6) is 0 Å². The van der Waals surface area contributed by atoms with Gasteiger partial charge in [0.15, 0.2) is 0 Å². The topological polar surface area (TPSA) is 17.1 Å². The highest BCUT2D eigenvalue weighted by molar-refractivity contribution is 9.10. The van der Waals surface area contributed by atoms with Crippen LogP contribution in [-0.2, 0) is 10.2 Å². The van der Waals surface area contributed by atoms with Crippen LogP contribution in [0.15, 0.2) is 40.9 Å². The van der Waals surface area contributed by atoms with Gasteiger partial charge in [-0.1, -0.05) is 40.2 Å². The van der Waals surface area contributed by atoms with Crippen molar-refractivity contribution in [3.05, 3.63) is 46.4 Å². The fraction of sp³-hybridized carbons (Fsp3) is 0.214. The molecule has 0 aromatic heterocycles. The summed E-state index contributed by atoms with van der Waals surface area (Å²) in [4.78, 5) is 11.1. The fourth-order valence-corrected chi connectivity index (χ4v) is 2.23. The highest BCUT2D eigenvalue weighted by Gasteiger charge is 2.21. The first-order valence-electron chi connectivity index (χ1n) is 5.20. The Bertz CT molecular complexity index is 543. The molecule has 0 amide bonds. The third-order valence-corrected chi connectivity index (χ3v) is 3.33. The lowest BCUT2D eigenvalue weighted by Crippen LogP contribution is -2.18. The van der Waals surface area contributed by atoms with E-state index in [-0.39, 0.29) is 0 Å². The second-order valence-corrected chi connectivity index (χ2v) is 5.43. The van der Waals surface area contributed by atoms with Gasteiger partial charge in [0.25, 0.3) is 0 Å².